The Morgan fingerprint density at radius 1 is 1.19 bits per heavy atom. The first-order chi connectivity index (χ1) is 15.5. The van der Waals surface area contributed by atoms with Gasteiger partial charge in [0.1, 0.15) is 16.9 Å². The van der Waals surface area contributed by atoms with Crippen molar-refractivity contribution in [2.75, 3.05) is 18.0 Å². The van der Waals surface area contributed by atoms with E-state index in [9.17, 15) is 14.7 Å². The molecule has 166 valence electrons. The number of piperidine rings is 1. The zero-order valence-electron chi connectivity index (χ0n) is 16.9. The highest BCUT2D eigenvalue weighted by atomic mass is 19.1. The van der Waals surface area contributed by atoms with Crippen molar-refractivity contribution in [2.45, 2.75) is 37.8 Å². The molecule has 0 aromatic carbocycles. The van der Waals surface area contributed by atoms with E-state index in [-0.39, 0.29) is 28.9 Å². The van der Waals surface area contributed by atoms with Gasteiger partial charge in [-0.25, -0.2) is 18.9 Å². The number of rotatable bonds is 5. The molecule has 3 aromatic heterocycles. The second kappa shape index (κ2) is 7.70. The van der Waals surface area contributed by atoms with E-state index in [4.69, 9.17) is 5.21 Å². The number of pyridine rings is 2. The van der Waals surface area contributed by atoms with Gasteiger partial charge in [-0.2, -0.15) is 0 Å². The van der Waals surface area contributed by atoms with Gasteiger partial charge < -0.3 is 19.8 Å². The second-order valence-corrected chi connectivity index (χ2v) is 8.07. The summed E-state index contributed by atoms with van der Waals surface area (Å²) in [6.45, 7) is 1.04. The van der Waals surface area contributed by atoms with Gasteiger partial charge in [0.05, 0.1) is 23.8 Å². The summed E-state index contributed by atoms with van der Waals surface area (Å²) in [7, 11) is 0. The van der Waals surface area contributed by atoms with E-state index in [1.807, 2.05) is 4.90 Å². The Balaban J connectivity index is 1.45. The number of halogens is 1. The van der Waals surface area contributed by atoms with Crippen molar-refractivity contribution in [3.63, 3.8) is 0 Å². The van der Waals surface area contributed by atoms with Gasteiger partial charge in [-0.1, -0.05) is 10.4 Å². The fourth-order valence-corrected chi connectivity index (χ4v) is 4.17. The van der Waals surface area contributed by atoms with Gasteiger partial charge in [0, 0.05) is 25.3 Å². The standard InChI is InChI=1S/C20H20FN7O4/c21-16-7-14-17(29)15(20(30)31)10-27(12-1-2-12)18(14)23-19(16)26-5-3-13(4-6-26)28-9-11(8-22-32)24-25-28/h7-10,12-13,32H,1-6H2,(H,30,31)/b22-8+. The maximum absolute atomic E-state index is 15.0. The molecule has 0 atom stereocenters. The summed E-state index contributed by atoms with van der Waals surface area (Å²) in [5, 5.41) is 28.9. The number of carboxylic acids is 1. The van der Waals surface area contributed by atoms with Gasteiger partial charge in [0.15, 0.2) is 11.6 Å². The first-order valence-corrected chi connectivity index (χ1v) is 10.3. The molecule has 5 rings (SSSR count). The quantitative estimate of drug-likeness (QED) is 0.347. The van der Waals surface area contributed by atoms with Crippen LogP contribution in [-0.2, 0) is 0 Å². The van der Waals surface area contributed by atoms with Gasteiger partial charge in [-0.3, -0.25) is 4.79 Å². The van der Waals surface area contributed by atoms with E-state index in [0.717, 1.165) is 18.9 Å². The molecule has 1 saturated heterocycles. The van der Waals surface area contributed by atoms with E-state index >= 15 is 4.39 Å². The normalized spacial score (nSPS) is 17.5. The largest absolute Gasteiger partial charge is 0.477 e. The predicted molar refractivity (Wildman–Crippen MR) is 111 cm³/mol. The SMILES string of the molecule is O=C(O)c1cn(C2CC2)c2nc(N3CCC(n4cc(/C=N/O)nn4)CC3)c(F)cc2c1=O. The van der Waals surface area contributed by atoms with Crippen LogP contribution in [0.2, 0.25) is 0 Å². The van der Waals surface area contributed by atoms with Crippen LogP contribution < -0.4 is 10.3 Å². The van der Waals surface area contributed by atoms with Crippen LogP contribution >= 0.6 is 0 Å². The zero-order chi connectivity index (χ0) is 22.4. The summed E-state index contributed by atoms with van der Waals surface area (Å²) < 4.78 is 18.4. The highest BCUT2D eigenvalue weighted by Crippen LogP contribution is 2.37. The van der Waals surface area contributed by atoms with Crippen LogP contribution in [0.25, 0.3) is 11.0 Å². The average molecular weight is 441 g/mol. The predicted octanol–water partition coefficient (Wildman–Crippen LogP) is 1.81. The van der Waals surface area contributed by atoms with Gasteiger partial charge in [-0.05, 0) is 31.7 Å². The summed E-state index contributed by atoms with van der Waals surface area (Å²) >= 11 is 0. The van der Waals surface area contributed by atoms with E-state index < -0.39 is 17.2 Å². The molecule has 2 aliphatic rings. The Morgan fingerprint density at radius 2 is 1.94 bits per heavy atom. The number of fused-ring (bicyclic) bond motifs is 1. The number of carboxylic acid groups (broad SMARTS) is 1. The molecule has 1 aliphatic carbocycles. The molecule has 2 N–H and O–H groups in total. The van der Waals surface area contributed by atoms with Crippen molar-refractivity contribution in [1.29, 1.82) is 0 Å². The number of anilines is 1. The molecular formula is C20H20FN7O4. The monoisotopic (exact) mass is 441 g/mol. The number of nitrogens with zero attached hydrogens (tertiary/aromatic N) is 7. The lowest BCUT2D eigenvalue weighted by Crippen LogP contribution is -2.36. The number of oxime groups is 1. The number of aromatic nitrogens is 5. The molecule has 0 bridgehead atoms. The third-order valence-corrected chi connectivity index (χ3v) is 5.97. The molecule has 3 aromatic rings. The lowest BCUT2D eigenvalue weighted by molar-refractivity contribution is 0.0695. The number of aromatic carboxylic acids is 1. The van der Waals surface area contributed by atoms with Crippen molar-refractivity contribution in [3.8, 4) is 0 Å². The molecule has 32 heavy (non-hydrogen) atoms. The molecule has 0 spiro atoms. The van der Waals surface area contributed by atoms with Crippen molar-refractivity contribution in [2.24, 2.45) is 5.16 Å². The molecule has 4 heterocycles. The Kier molecular flexibility index (Phi) is 4.83. The molecule has 12 heteroatoms. The Hall–Kier alpha value is -3.83. The minimum absolute atomic E-state index is 0.0198. The fourth-order valence-electron chi connectivity index (χ4n) is 4.17. The summed E-state index contributed by atoms with van der Waals surface area (Å²) in [5.41, 5.74) is -0.353. The Morgan fingerprint density at radius 3 is 2.59 bits per heavy atom. The van der Waals surface area contributed by atoms with Crippen molar-refractivity contribution >= 4 is 29.0 Å². The smallest absolute Gasteiger partial charge is 0.341 e. The van der Waals surface area contributed by atoms with Crippen molar-refractivity contribution in [3.05, 3.63) is 45.8 Å². The molecule has 11 nitrogen and oxygen atoms in total. The van der Waals surface area contributed by atoms with Gasteiger partial charge in [0.25, 0.3) is 0 Å². The van der Waals surface area contributed by atoms with E-state index in [2.05, 4.69) is 20.5 Å². The van der Waals surface area contributed by atoms with Crippen LogP contribution in [0.1, 0.15) is 53.8 Å². The van der Waals surface area contributed by atoms with E-state index in [1.165, 1.54) is 12.4 Å². The van der Waals surface area contributed by atoms with Crippen molar-refractivity contribution < 1.29 is 19.5 Å². The molecule has 0 amide bonds. The lowest BCUT2D eigenvalue weighted by Gasteiger charge is -2.33. The first-order valence-electron chi connectivity index (χ1n) is 10.3. The maximum atomic E-state index is 15.0. The van der Waals surface area contributed by atoms with Crippen LogP contribution in [0.15, 0.2) is 28.4 Å². The van der Waals surface area contributed by atoms with Crippen LogP contribution in [0.4, 0.5) is 10.2 Å². The topological polar surface area (TPSA) is 139 Å². The van der Waals surface area contributed by atoms with Crippen molar-refractivity contribution in [1.82, 2.24) is 24.5 Å². The van der Waals surface area contributed by atoms with Crippen LogP contribution in [0.5, 0.6) is 0 Å². The summed E-state index contributed by atoms with van der Waals surface area (Å²) in [4.78, 5) is 30.4. The Bertz CT molecular complexity index is 1290. The molecule has 1 aliphatic heterocycles. The van der Waals surface area contributed by atoms with Crippen LogP contribution in [0, 0.1) is 5.82 Å². The molecule has 0 unspecified atom stereocenters. The van der Waals surface area contributed by atoms with Gasteiger partial charge >= 0.3 is 5.97 Å². The van der Waals surface area contributed by atoms with Crippen LogP contribution in [0.3, 0.4) is 0 Å². The molecule has 2 fully saturated rings. The molecule has 1 saturated carbocycles. The van der Waals surface area contributed by atoms with E-state index in [0.29, 0.717) is 37.3 Å². The zero-order valence-corrected chi connectivity index (χ0v) is 16.9. The average Bonchev–Trinajstić information content (AvgIpc) is 3.52. The van der Waals surface area contributed by atoms with Crippen LogP contribution in [-0.4, -0.2) is 60.1 Å². The molecule has 0 radical (unpaired) electrons. The second-order valence-electron chi connectivity index (χ2n) is 8.07. The maximum Gasteiger partial charge on any atom is 0.341 e. The number of hydrogen-bond donors (Lipinski definition) is 2. The minimum Gasteiger partial charge on any atom is -0.477 e. The summed E-state index contributed by atoms with van der Waals surface area (Å²) in [6.07, 6.45) is 7.27. The van der Waals surface area contributed by atoms with E-state index in [1.54, 1.807) is 15.4 Å². The Labute approximate surface area is 180 Å². The lowest BCUT2D eigenvalue weighted by atomic mass is 10.1. The third-order valence-electron chi connectivity index (χ3n) is 5.97. The highest BCUT2D eigenvalue weighted by Gasteiger charge is 2.30. The first kappa shape index (κ1) is 20.1. The fraction of sp³-hybridized carbons (Fsp3) is 0.400. The molecular weight excluding hydrogens is 421 g/mol. The number of hydrogen-bond acceptors (Lipinski definition) is 8. The summed E-state index contributed by atoms with van der Waals surface area (Å²) in [5.74, 6) is -1.83. The van der Waals surface area contributed by atoms with Gasteiger partial charge in [-0.15, -0.1) is 5.10 Å². The number of carbonyl (C=O) groups is 1. The summed E-state index contributed by atoms with van der Waals surface area (Å²) in [6, 6.07) is 1.23. The highest BCUT2D eigenvalue weighted by molar-refractivity contribution is 5.92. The minimum atomic E-state index is -1.33. The third kappa shape index (κ3) is 3.47. The van der Waals surface area contributed by atoms with Gasteiger partial charge in [0.2, 0.25) is 5.43 Å².